The number of carbonyl (C=O) groups is 1. The molecule has 0 fully saturated rings. The predicted molar refractivity (Wildman–Crippen MR) is 150 cm³/mol. The van der Waals surface area contributed by atoms with Gasteiger partial charge < -0.3 is 16.0 Å². The Morgan fingerprint density at radius 1 is 0.838 bits per heavy atom. The molecule has 0 saturated heterocycles. The number of nitrogens with one attached hydrogen (secondary N) is 1. The van der Waals surface area contributed by atoms with Crippen LogP contribution in [0.3, 0.4) is 0 Å². The zero-order chi connectivity index (χ0) is 26.4. The summed E-state index contributed by atoms with van der Waals surface area (Å²) >= 11 is 0. The van der Waals surface area contributed by atoms with Gasteiger partial charge in [0, 0.05) is 37.2 Å². The van der Waals surface area contributed by atoms with Crippen molar-refractivity contribution in [1.29, 1.82) is 0 Å². The van der Waals surface area contributed by atoms with E-state index in [1.807, 2.05) is 81.1 Å². The van der Waals surface area contributed by atoms with E-state index in [1.54, 1.807) is 18.6 Å². The second-order valence-corrected chi connectivity index (χ2v) is 9.70. The predicted octanol–water partition coefficient (Wildman–Crippen LogP) is 6.06. The van der Waals surface area contributed by atoms with E-state index >= 15 is 0 Å². The van der Waals surface area contributed by atoms with Crippen molar-refractivity contribution in [2.24, 2.45) is 5.73 Å². The molecule has 0 saturated carbocycles. The highest BCUT2D eigenvalue weighted by molar-refractivity contribution is 6.01. The van der Waals surface area contributed by atoms with Gasteiger partial charge in [0.2, 0.25) is 0 Å². The SMILES string of the molecule is CC(C)N(C(=O)c1c(C(N)c2ccc(-c3ccccc3)cc2)ccnc1NCc1ccncc1)C(C)C. The van der Waals surface area contributed by atoms with Crippen LogP contribution in [0.1, 0.15) is 60.8 Å². The first kappa shape index (κ1) is 26.0. The number of aromatic nitrogens is 2. The summed E-state index contributed by atoms with van der Waals surface area (Å²) in [6.45, 7) is 8.63. The number of hydrogen-bond donors (Lipinski definition) is 2. The van der Waals surface area contributed by atoms with E-state index in [-0.39, 0.29) is 18.0 Å². The number of anilines is 1. The molecule has 1 unspecified atom stereocenters. The van der Waals surface area contributed by atoms with Gasteiger partial charge in [0.05, 0.1) is 11.6 Å². The lowest BCUT2D eigenvalue weighted by Crippen LogP contribution is -2.43. The van der Waals surface area contributed by atoms with Crippen LogP contribution in [0.25, 0.3) is 11.1 Å². The lowest BCUT2D eigenvalue weighted by Gasteiger charge is -2.32. The molecule has 0 aliphatic rings. The fourth-order valence-corrected chi connectivity index (χ4v) is 4.67. The van der Waals surface area contributed by atoms with Crippen molar-refractivity contribution in [2.75, 3.05) is 5.32 Å². The number of pyridine rings is 2. The van der Waals surface area contributed by atoms with Crippen LogP contribution in [0, 0.1) is 0 Å². The highest BCUT2D eigenvalue weighted by Crippen LogP contribution is 2.31. The monoisotopic (exact) mass is 493 g/mol. The minimum absolute atomic E-state index is 0.0231. The number of nitrogens with zero attached hydrogens (tertiary/aromatic N) is 3. The molecule has 0 aliphatic heterocycles. The third-order valence-corrected chi connectivity index (χ3v) is 6.47. The van der Waals surface area contributed by atoms with Gasteiger partial charge in [0.15, 0.2) is 0 Å². The normalized spacial score (nSPS) is 12.0. The molecular formula is C31H35N5O. The molecule has 0 radical (unpaired) electrons. The topological polar surface area (TPSA) is 84.1 Å². The number of benzene rings is 2. The van der Waals surface area contributed by atoms with Gasteiger partial charge in [-0.2, -0.15) is 0 Å². The fraction of sp³-hybridized carbons (Fsp3) is 0.258. The first-order chi connectivity index (χ1) is 17.9. The quantitative estimate of drug-likeness (QED) is 0.296. The average Bonchev–Trinajstić information content (AvgIpc) is 2.92. The summed E-state index contributed by atoms with van der Waals surface area (Å²) in [7, 11) is 0. The minimum Gasteiger partial charge on any atom is -0.365 e. The lowest BCUT2D eigenvalue weighted by atomic mass is 9.93. The van der Waals surface area contributed by atoms with Crippen LogP contribution in [0.4, 0.5) is 5.82 Å². The molecule has 2 heterocycles. The summed E-state index contributed by atoms with van der Waals surface area (Å²) in [5.74, 6) is 0.448. The largest absolute Gasteiger partial charge is 0.365 e. The van der Waals surface area contributed by atoms with Crippen molar-refractivity contribution in [1.82, 2.24) is 14.9 Å². The Morgan fingerprint density at radius 3 is 2.08 bits per heavy atom. The molecule has 6 nitrogen and oxygen atoms in total. The van der Waals surface area contributed by atoms with Crippen molar-refractivity contribution in [3.05, 3.63) is 114 Å². The summed E-state index contributed by atoms with van der Waals surface area (Å²) in [6, 6.07) is 23.7. The minimum atomic E-state index is -0.491. The van der Waals surface area contributed by atoms with E-state index in [0.717, 1.165) is 27.8 Å². The molecule has 4 aromatic rings. The Hall–Kier alpha value is -4.03. The summed E-state index contributed by atoms with van der Waals surface area (Å²) in [4.78, 5) is 24.6. The van der Waals surface area contributed by atoms with Crippen molar-refractivity contribution < 1.29 is 4.79 Å². The van der Waals surface area contributed by atoms with Crippen LogP contribution in [0.15, 0.2) is 91.4 Å². The highest BCUT2D eigenvalue weighted by Gasteiger charge is 2.29. The lowest BCUT2D eigenvalue weighted by molar-refractivity contribution is 0.0643. The third kappa shape index (κ3) is 6.04. The molecule has 37 heavy (non-hydrogen) atoms. The van der Waals surface area contributed by atoms with Crippen LogP contribution in [0.2, 0.25) is 0 Å². The molecule has 4 rings (SSSR count). The number of carbonyl (C=O) groups excluding carboxylic acids is 1. The Morgan fingerprint density at radius 2 is 1.46 bits per heavy atom. The van der Waals surface area contributed by atoms with Crippen LogP contribution < -0.4 is 11.1 Å². The molecule has 1 atom stereocenters. The van der Waals surface area contributed by atoms with E-state index in [0.29, 0.717) is 17.9 Å². The zero-order valence-electron chi connectivity index (χ0n) is 21.9. The van der Waals surface area contributed by atoms with E-state index in [9.17, 15) is 4.79 Å². The zero-order valence-corrected chi connectivity index (χ0v) is 21.9. The van der Waals surface area contributed by atoms with Gasteiger partial charge in [-0.3, -0.25) is 9.78 Å². The summed E-state index contributed by atoms with van der Waals surface area (Å²) < 4.78 is 0. The van der Waals surface area contributed by atoms with Crippen molar-refractivity contribution in [3.63, 3.8) is 0 Å². The maximum absolute atomic E-state index is 14.0. The summed E-state index contributed by atoms with van der Waals surface area (Å²) in [5.41, 5.74) is 12.3. The smallest absolute Gasteiger partial charge is 0.258 e. The Labute approximate surface area is 219 Å². The maximum atomic E-state index is 14.0. The van der Waals surface area contributed by atoms with Crippen LogP contribution >= 0.6 is 0 Å². The number of hydrogen-bond acceptors (Lipinski definition) is 5. The number of rotatable bonds is 9. The molecule has 190 valence electrons. The first-order valence-corrected chi connectivity index (χ1v) is 12.7. The Bertz CT molecular complexity index is 1300. The van der Waals surface area contributed by atoms with Crippen LogP contribution in [0.5, 0.6) is 0 Å². The standard InChI is InChI=1S/C31H35N5O/c1-21(2)36(22(3)4)31(37)28-27(16-19-34-30(28)35-20-23-14-17-33-18-15-23)29(32)26-12-10-25(11-13-26)24-8-6-5-7-9-24/h5-19,21-22,29H,20,32H2,1-4H3,(H,34,35). The maximum Gasteiger partial charge on any atom is 0.258 e. The molecule has 3 N–H and O–H groups in total. The second-order valence-electron chi connectivity index (χ2n) is 9.70. The highest BCUT2D eigenvalue weighted by atomic mass is 16.2. The molecule has 6 heteroatoms. The molecule has 2 aromatic carbocycles. The van der Waals surface area contributed by atoms with Gasteiger partial charge in [0.1, 0.15) is 5.82 Å². The van der Waals surface area contributed by atoms with Crippen LogP contribution in [-0.4, -0.2) is 32.9 Å². The first-order valence-electron chi connectivity index (χ1n) is 12.7. The van der Waals surface area contributed by atoms with E-state index in [4.69, 9.17) is 5.73 Å². The van der Waals surface area contributed by atoms with Gasteiger partial charge in [-0.1, -0.05) is 54.6 Å². The third-order valence-electron chi connectivity index (χ3n) is 6.47. The summed E-state index contributed by atoms with van der Waals surface area (Å²) in [5, 5.41) is 3.38. The fourth-order valence-electron chi connectivity index (χ4n) is 4.67. The van der Waals surface area contributed by atoms with Gasteiger partial charge >= 0.3 is 0 Å². The van der Waals surface area contributed by atoms with Crippen molar-refractivity contribution in [3.8, 4) is 11.1 Å². The van der Waals surface area contributed by atoms with Gasteiger partial charge in [-0.25, -0.2) is 4.98 Å². The van der Waals surface area contributed by atoms with Crippen molar-refractivity contribution >= 4 is 11.7 Å². The molecule has 0 spiro atoms. The summed E-state index contributed by atoms with van der Waals surface area (Å²) in [6.07, 6.45) is 5.22. The molecule has 2 aromatic heterocycles. The second kappa shape index (κ2) is 11.8. The molecule has 1 amide bonds. The molecule has 0 aliphatic carbocycles. The number of amides is 1. The Balaban J connectivity index is 1.73. The van der Waals surface area contributed by atoms with Crippen LogP contribution in [-0.2, 0) is 6.54 Å². The van der Waals surface area contributed by atoms with E-state index in [1.165, 1.54) is 0 Å². The Kier molecular flexibility index (Phi) is 8.31. The van der Waals surface area contributed by atoms with Gasteiger partial charge in [-0.15, -0.1) is 0 Å². The van der Waals surface area contributed by atoms with Crippen molar-refractivity contribution in [2.45, 2.75) is 52.4 Å². The molecule has 0 bridgehead atoms. The van der Waals surface area contributed by atoms with Gasteiger partial charge in [-0.05, 0) is 73.7 Å². The van der Waals surface area contributed by atoms with E-state index in [2.05, 4.69) is 39.6 Å². The van der Waals surface area contributed by atoms with E-state index < -0.39 is 6.04 Å². The average molecular weight is 494 g/mol. The van der Waals surface area contributed by atoms with Gasteiger partial charge in [0.25, 0.3) is 5.91 Å². The number of nitrogens with two attached hydrogens (primary N) is 1. The molecular weight excluding hydrogens is 458 g/mol.